The van der Waals surface area contributed by atoms with Gasteiger partial charge in [-0.3, -0.25) is 0 Å². The van der Waals surface area contributed by atoms with E-state index in [4.69, 9.17) is 4.74 Å². The van der Waals surface area contributed by atoms with Crippen molar-refractivity contribution in [1.82, 2.24) is 0 Å². The van der Waals surface area contributed by atoms with Crippen LogP contribution in [0.2, 0.25) is 0 Å². The van der Waals surface area contributed by atoms with Crippen molar-refractivity contribution in [2.24, 2.45) is 0 Å². The van der Waals surface area contributed by atoms with Crippen molar-refractivity contribution >= 4 is 21.0 Å². The van der Waals surface area contributed by atoms with E-state index in [0.717, 1.165) is 5.75 Å². The van der Waals surface area contributed by atoms with Crippen LogP contribution in [0, 0.1) is 0 Å². The van der Waals surface area contributed by atoms with Crippen LogP contribution in [0.1, 0.15) is 34.1 Å². The van der Waals surface area contributed by atoms with Gasteiger partial charge in [0.05, 0.1) is 21.0 Å². The summed E-state index contributed by atoms with van der Waals surface area (Å²) in [5, 5.41) is 0. The molecule has 3 aromatic carbocycles. The summed E-state index contributed by atoms with van der Waals surface area (Å²) in [6.45, 7) is 7.85. The molecule has 0 aliphatic heterocycles. The maximum Gasteiger partial charge on any atom is 0.166 e. The molecule has 0 fully saturated rings. The zero-order valence-corrected chi connectivity index (χ0v) is 20.1. The third-order valence-electron chi connectivity index (χ3n) is 3.90. The Hall–Kier alpha value is -2.28. The van der Waals surface area contributed by atoms with Gasteiger partial charge in [-0.25, -0.2) is 8.42 Å². The van der Waals surface area contributed by atoms with Crippen LogP contribution in [0.25, 0.3) is 0 Å². The van der Waals surface area contributed by atoms with E-state index in [-0.39, 0.29) is 22.2 Å². The average molecular weight is 459 g/mol. The molecule has 3 aromatic rings. The van der Waals surface area contributed by atoms with E-state index < -0.39 is 10.1 Å². The summed E-state index contributed by atoms with van der Waals surface area (Å²) in [6.07, 6.45) is 0.409. The number of hydrogen-bond acceptors (Lipinski definition) is 4. The Balaban J connectivity index is 0.000000423. The molecule has 31 heavy (non-hydrogen) atoms. The van der Waals surface area contributed by atoms with Gasteiger partial charge in [0.1, 0.15) is 11.4 Å². The second-order valence-electron chi connectivity index (χ2n) is 7.88. The van der Waals surface area contributed by atoms with Gasteiger partial charge in [-0.15, -0.1) is 0 Å². The Morgan fingerprint density at radius 2 is 1.19 bits per heavy atom. The van der Waals surface area contributed by atoms with Gasteiger partial charge < -0.3 is 9.29 Å². The summed E-state index contributed by atoms with van der Waals surface area (Å²) in [6, 6.07) is 29.9. The zero-order valence-electron chi connectivity index (χ0n) is 18.4. The third kappa shape index (κ3) is 9.17. The van der Waals surface area contributed by atoms with Crippen molar-refractivity contribution in [3.8, 4) is 5.75 Å². The van der Waals surface area contributed by atoms with E-state index in [9.17, 15) is 13.0 Å². The molecule has 0 saturated heterocycles. The van der Waals surface area contributed by atoms with Crippen LogP contribution in [-0.4, -0.2) is 24.3 Å². The normalized spacial score (nSPS) is 11.5. The monoisotopic (exact) mass is 458 g/mol. The zero-order chi connectivity index (χ0) is 22.9. The summed E-state index contributed by atoms with van der Waals surface area (Å²) >= 11 is 0. The molecule has 3 rings (SSSR count). The lowest BCUT2D eigenvalue weighted by Crippen LogP contribution is -2.22. The minimum absolute atomic E-state index is 0.102. The van der Waals surface area contributed by atoms with Gasteiger partial charge in [0.25, 0.3) is 0 Å². The third-order valence-corrected chi connectivity index (χ3v) is 7.03. The Labute approximate surface area is 189 Å². The molecule has 4 nitrogen and oxygen atoms in total. The molecule has 0 amide bonds. The van der Waals surface area contributed by atoms with E-state index in [1.807, 2.05) is 0 Å². The molecule has 0 aliphatic rings. The van der Waals surface area contributed by atoms with Crippen LogP contribution in [0.15, 0.2) is 99.6 Å². The molecule has 0 spiro atoms. The number of rotatable bonds is 6. The van der Waals surface area contributed by atoms with Crippen LogP contribution in [-0.2, 0) is 21.0 Å². The predicted molar refractivity (Wildman–Crippen MR) is 127 cm³/mol. The Morgan fingerprint density at radius 1 is 0.774 bits per heavy atom. The summed E-state index contributed by atoms with van der Waals surface area (Å²) < 4.78 is 35.0. The van der Waals surface area contributed by atoms with Crippen LogP contribution >= 0.6 is 0 Å². The number of benzene rings is 3. The molecule has 0 aromatic heterocycles. The molecular weight excluding hydrogens is 428 g/mol. The minimum Gasteiger partial charge on any atom is -0.748 e. The molecule has 0 aliphatic carbocycles. The van der Waals surface area contributed by atoms with Gasteiger partial charge in [0, 0.05) is 5.75 Å². The van der Waals surface area contributed by atoms with Gasteiger partial charge in [-0.2, -0.15) is 0 Å². The summed E-state index contributed by atoms with van der Waals surface area (Å²) in [7, 11) is -4.03. The second-order valence-corrected chi connectivity index (χ2v) is 11.4. The molecule has 166 valence electrons. The fourth-order valence-corrected chi connectivity index (χ4v) is 5.35. The summed E-state index contributed by atoms with van der Waals surface area (Å²) in [5.41, 5.74) is -0.179. The second kappa shape index (κ2) is 11.4. The molecule has 6 heteroatoms. The average Bonchev–Trinajstić information content (AvgIpc) is 2.70. The fourth-order valence-electron chi connectivity index (χ4n) is 2.77. The molecule has 0 N–H and O–H groups in total. The van der Waals surface area contributed by atoms with Gasteiger partial charge >= 0.3 is 0 Å². The van der Waals surface area contributed by atoms with Crippen LogP contribution in [0.3, 0.4) is 0 Å². The SMILES string of the molecule is CC(C)(C)Oc1ccc([S+](c2ccccc2)c2ccccc2)cc1.CCCS(=O)(=O)[O-]. The smallest absolute Gasteiger partial charge is 0.166 e. The van der Waals surface area contributed by atoms with E-state index >= 15 is 0 Å². The Bertz CT molecular complexity index is 971. The molecule has 0 radical (unpaired) electrons. The highest BCUT2D eigenvalue weighted by Gasteiger charge is 2.28. The molecule has 0 saturated carbocycles. The van der Waals surface area contributed by atoms with Crippen LogP contribution < -0.4 is 4.74 Å². The maximum atomic E-state index is 9.68. The molecular formula is C25H30O4S2. The minimum atomic E-state index is -3.92. The lowest BCUT2D eigenvalue weighted by Gasteiger charge is -2.21. The van der Waals surface area contributed by atoms with E-state index in [0.29, 0.717) is 6.42 Å². The van der Waals surface area contributed by atoms with E-state index in [1.165, 1.54) is 14.7 Å². The van der Waals surface area contributed by atoms with Crippen molar-refractivity contribution in [3.05, 3.63) is 84.9 Å². The first-order chi connectivity index (χ1) is 14.6. The number of hydrogen-bond donors (Lipinski definition) is 0. The van der Waals surface area contributed by atoms with Crippen molar-refractivity contribution in [3.63, 3.8) is 0 Å². The van der Waals surface area contributed by atoms with E-state index in [2.05, 4.69) is 106 Å². The van der Waals surface area contributed by atoms with Crippen molar-refractivity contribution in [2.75, 3.05) is 5.75 Å². The Morgan fingerprint density at radius 3 is 1.52 bits per heavy atom. The highest BCUT2D eigenvalue weighted by molar-refractivity contribution is 7.97. The van der Waals surface area contributed by atoms with Gasteiger partial charge in [0.2, 0.25) is 0 Å². The lowest BCUT2D eigenvalue weighted by molar-refractivity contribution is 0.131. The standard InChI is InChI=1S/C22H23OS.C3H8O3S/c1-22(2,3)23-18-14-16-21(17-15-18)24(19-10-6-4-7-11-19)20-12-8-5-9-13-20;1-2-3-7(4,5)6/h4-17H,1-3H3;2-3H2,1H3,(H,4,5,6)/q+1;/p-1. The predicted octanol–water partition coefficient (Wildman–Crippen LogP) is 5.90. The first-order valence-electron chi connectivity index (χ1n) is 10.2. The lowest BCUT2D eigenvalue weighted by atomic mass is 10.2. The van der Waals surface area contributed by atoms with Gasteiger partial charge in [-0.05, 0) is 75.7 Å². The highest BCUT2D eigenvalue weighted by atomic mass is 32.2. The van der Waals surface area contributed by atoms with Crippen molar-refractivity contribution in [1.29, 1.82) is 0 Å². The molecule has 0 atom stereocenters. The molecule has 0 bridgehead atoms. The van der Waals surface area contributed by atoms with E-state index in [1.54, 1.807) is 6.92 Å². The van der Waals surface area contributed by atoms with Crippen LogP contribution in [0.4, 0.5) is 0 Å². The van der Waals surface area contributed by atoms with Crippen LogP contribution in [0.5, 0.6) is 5.75 Å². The number of ether oxygens (including phenoxy) is 1. The van der Waals surface area contributed by atoms with Gasteiger partial charge in [0.15, 0.2) is 14.7 Å². The summed E-state index contributed by atoms with van der Waals surface area (Å²) in [4.78, 5) is 3.95. The topological polar surface area (TPSA) is 66.4 Å². The van der Waals surface area contributed by atoms with Crippen molar-refractivity contribution in [2.45, 2.75) is 54.4 Å². The maximum absolute atomic E-state index is 9.68. The van der Waals surface area contributed by atoms with Gasteiger partial charge in [-0.1, -0.05) is 43.3 Å². The van der Waals surface area contributed by atoms with Crippen molar-refractivity contribution < 1.29 is 17.7 Å². The Kier molecular flexibility index (Phi) is 9.16. The quantitative estimate of drug-likeness (QED) is 0.341. The molecule has 0 heterocycles. The fraction of sp³-hybridized carbons (Fsp3) is 0.280. The first-order valence-corrected chi connectivity index (χ1v) is 13.0. The highest BCUT2D eigenvalue weighted by Crippen LogP contribution is 2.32. The molecule has 0 unspecified atom stereocenters. The first kappa shape index (κ1) is 25.0. The summed E-state index contributed by atoms with van der Waals surface area (Å²) in [5.74, 6) is 0.670. The largest absolute Gasteiger partial charge is 0.748 e.